The maximum absolute atomic E-state index is 10.7. The van der Waals surface area contributed by atoms with Crippen LogP contribution in [0.1, 0.15) is 10.4 Å². The summed E-state index contributed by atoms with van der Waals surface area (Å²) in [5.41, 5.74) is -0.178. The number of hydrogen-bond acceptors (Lipinski definition) is 3. The van der Waals surface area contributed by atoms with E-state index in [9.17, 15) is 9.90 Å². The SMILES string of the molecule is C=O.O=C(O)c1ccccc1[O-]. The normalized spacial score (nSPS) is 8.00. The number of carboxylic acid groups (broad SMARTS) is 1. The molecule has 1 aromatic rings. The number of benzene rings is 1. The van der Waals surface area contributed by atoms with E-state index >= 15 is 0 Å². The van der Waals surface area contributed by atoms with Crippen molar-refractivity contribution >= 4 is 12.8 Å². The van der Waals surface area contributed by atoms with Crippen molar-refractivity contribution in [2.24, 2.45) is 0 Å². The number of carbonyl (C=O) groups excluding carboxylic acids is 1. The molecule has 0 radical (unpaired) electrons. The molecule has 0 saturated carbocycles. The molecule has 4 nitrogen and oxygen atoms in total. The Labute approximate surface area is 69.1 Å². The monoisotopic (exact) mass is 167 g/mol. The summed E-state index contributed by atoms with van der Waals surface area (Å²) in [4.78, 5) is 18.2. The molecule has 1 N–H and O–H groups in total. The fourth-order valence-electron chi connectivity index (χ4n) is 0.643. The van der Waals surface area contributed by atoms with Gasteiger partial charge in [0.1, 0.15) is 6.79 Å². The Hall–Kier alpha value is -1.84. The third-order valence-electron chi connectivity index (χ3n) is 1.12. The van der Waals surface area contributed by atoms with E-state index in [1.54, 1.807) is 0 Å². The van der Waals surface area contributed by atoms with E-state index in [1.165, 1.54) is 24.3 Å². The Morgan fingerprint density at radius 2 is 1.83 bits per heavy atom. The van der Waals surface area contributed by atoms with Gasteiger partial charge >= 0.3 is 5.97 Å². The van der Waals surface area contributed by atoms with E-state index in [0.717, 1.165) is 0 Å². The highest BCUT2D eigenvalue weighted by atomic mass is 16.4. The Kier molecular flexibility index (Phi) is 4.15. The first-order valence-electron chi connectivity index (χ1n) is 3.00. The molecule has 0 aliphatic rings. The fourth-order valence-corrected chi connectivity index (χ4v) is 0.643. The molecule has 0 unspecified atom stereocenters. The average molecular weight is 167 g/mol. The van der Waals surface area contributed by atoms with Crippen molar-refractivity contribution in [1.82, 2.24) is 0 Å². The third-order valence-corrected chi connectivity index (χ3v) is 1.12. The predicted molar refractivity (Wildman–Crippen MR) is 40.0 cm³/mol. The summed E-state index contributed by atoms with van der Waals surface area (Å²) >= 11 is 0. The Morgan fingerprint density at radius 1 is 1.33 bits per heavy atom. The van der Waals surface area contributed by atoms with Gasteiger partial charge in [0.2, 0.25) is 0 Å². The molecule has 1 rings (SSSR count). The molecular weight excluding hydrogens is 160 g/mol. The minimum Gasteiger partial charge on any atom is -0.872 e. The van der Waals surface area contributed by atoms with Crippen LogP contribution in [0.15, 0.2) is 24.3 Å². The average Bonchev–Trinajstić information content (AvgIpc) is 2.08. The molecule has 0 aliphatic heterocycles. The highest BCUT2D eigenvalue weighted by Gasteiger charge is 1.99. The van der Waals surface area contributed by atoms with Crippen LogP contribution >= 0.6 is 0 Å². The van der Waals surface area contributed by atoms with Crippen molar-refractivity contribution in [3.8, 4) is 5.75 Å². The Bertz CT molecular complexity index is 270. The van der Waals surface area contributed by atoms with Gasteiger partial charge < -0.3 is 15.0 Å². The lowest BCUT2D eigenvalue weighted by atomic mass is 10.2. The van der Waals surface area contributed by atoms with Crippen LogP contribution in [0.2, 0.25) is 0 Å². The summed E-state index contributed by atoms with van der Waals surface area (Å²) in [6.45, 7) is 2.00. The Balaban J connectivity index is 0.000000561. The van der Waals surface area contributed by atoms with Gasteiger partial charge in [-0.05, 0) is 6.07 Å². The molecule has 1 aromatic carbocycles. The summed E-state index contributed by atoms with van der Waals surface area (Å²) in [6.07, 6.45) is 0. The van der Waals surface area contributed by atoms with E-state index in [1.807, 2.05) is 6.79 Å². The fraction of sp³-hybridized carbons (Fsp3) is 0. The zero-order valence-electron chi connectivity index (χ0n) is 6.19. The quantitative estimate of drug-likeness (QED) is 0.651. The first kappa shape index (κ1) is 10.2. The van der Waals surface area contributed by atoms with Crippen molar-refractivity contribution in [2.45, 2.75) is 0 Å². The molecule has 0 bridgehead atoms. The molecule has 0 spiro atoms. The molecule has 0 amide bonds. The van der Waals surface area contributed by atoms with E-state index in [2.05, 4.69) is 0 Å². The third kappa shape index (κ3) is 2.42. The van der Waals surface area contributed by atoms with Gasteiger partial charge in [-0.3, -0.25) is 0 Å². The van der Waals surface area contributed by atoms with E-state index in [4.69, 9.17) is 9.90 Å². The topological polar surface area (TPSA) is 77.4 Å². The number of carboxylic acids is 1. The van der Waals surface area contributed by atoms with Crippen LogP contribution in [0, 0.1) is 0 Å². The van der Waals surface area contributed by atoms with Gasteiger partial charge in [-0.15, -0.1) is 0 Å². The molecule has 12 heavy (non-hydrogen) atoms. The lowest BCUT2D eigenvalue weighted by molar-refractivity contribution is -0.268. The highest BCUT2D eigenvalue weighted by molar-refractivity contribution is 5.90. The molecule has 0 aliphatic carbocycles. The number of hydrogen-bond donors (Lipinski definition) is 1. The van der Waals surface area contributed by atoms with Crippen LogP contribution in [0.25, 0.3) is 0 Å². The van der Waals surface area contributed by atoms with Gasteiger partial charge in [-0.2, -0.15) is 0 Å². The molecule has 64 valence electrons. The van der Waals surface area contributed by atoms with Gasteiger partial charge in [0.05, 0.1) is 5.56 Å². The summed E-state index contributed by atoms with van der Waals surface area (Å²) < 4.78 is 0. The highest BCUT2D eigenvalue weighted by Crippen LogP contribution is 2.10. The van der Waals surface area contributed by atoms with Gasteiger partial charge in [-0.1, -0.05) is 23.9 Å². The number of rotatable bonds is 1. The van der Waals surface area contributed by atoms with Gasteiger partial charge in [0.25, 0.3) is 0 Å². The van der Waals surface area contributed by atoms with Gasteiger partial charge in [-0.25, -0.2) is 4.79 Å². The van der Waals surface area contributed by atoms with E-state index in [0.29, 0.717) is 0 Å². The minimum atomic E-state index is -1.18. The molecule has 0 saturated heterocycles. The number of para-hydroxylation sites is 1. The second-order valence-corrected chi connectivity index (χ2v) is 1.80. The smallest absolute Gasteiger partial charge is 0.335 e. The van der Waals surface area contributed by atoms with Crippen LogP contribution in [0.4, 0.5) is 0 Å². The van der Waals surface area contributed by atoms with Gasteiger partial charge in [0.15, 0.2) is 0 Å². The molecule has 4 heteroatoms. The second-order valence-electron chi connectivity index (χ2n) is 1.80. The lowest BCUT2D eigenvalue weighted by Crippen LogP contribution is -2.02. The van der Waals surface area contributed by atoms with E-state index < -0.39 is 11.7 Å². The predicted octanol–water partition coefficient (Wildman–Crippen LogP) is 0.273. The van der Waals surface area contributed by atoms with Crippen LogP contribution in [-0.4, -0.2) is 17.9 Å². The summed E-state index contributed by atoms with van der Waals surface area (Å²) in [6, 6.07) is 5.54. The summed E-state index contributed by atoms with van der Waals surface area (Å²) in [5, 5.41) is 19.0. The first-order valence-corrected chi connectivity index (χ1v) is 3.00. The van der Waals surface area contributed by atoms with Crippen LogP contribution in [0.5, 0.6) is 5.75 Å². The van der Waals surface area contributed by atoms with Crippen molar-refractivity contribution in [3.63, 3.8) is 0 Å². The van der Waals surface area contributed by atoms with Gasteiger partial charge in [0, 0.05) is 0 Å². The number of aromatic carboxylic acids is 1. The van der Waals surface area contributed by atoms with Crippen molar-refractivity contribution in [3.05, 3.63) is 29.8 Å². The van der Waals surface area contributed by atoms with Crippen molar-refractivity contribution in [1.29, 1.82) is 0 Å². The molecular formula is C8H7O4-. The first-order chi connectivity index (χ1) is 5.72. The largest absolute Gasteiger partial charge is 0.872 e. The standard InChI is InChI=1S/C7H6O3.CH2O/c8-6-4-2-1-3-5(6)7(9)10;1-2/h1-4,8H,(H,9,10);1H2/p-1. The summed E-state index contributed by atoms with van der Waals surface area (Å²) in [5.74, 6) is -1.62. The summed E-state index contributed by atoms with van der Waals surface area (Å²) in [7, 11) is 0. The second kappa shape index (κ2) is 4.90. The maximum atomic E-state index is 10.7. The van der Waals surface area contributed by atoms with Crippen molar-refractivity contribution < 1.29 is 19.8 Å². The molecule has 0 heterocycles. The van der Waals surface area contributed by atoms with Crippen LogP contribution in [-0.2, 0) is 4.79 Å². The zero-order valence-corrected chi connectivity index (χ0v) is 6.19. The minimum absolute atomic E-state index is 0.178. The maximum Gasteiger partial charge on any atom is 0.335 e. The molecule has 0 atom stereocenters. The van der Waals surface area contributed by atoms with Crippen molar-refractivity contribution in [2.75, 3.05) is 0 Å². The molecule has 0 fully saturated rings. The van der Waals surface area contributed by atoms with Crippen LogP contribution in [0.3, 0.4) is 0 Å². The Morgan fingerprint density at radius 3 is 2.17 bits per heavy atom. The van der Waals surface area contributed by atoms with Crippen LogP contribution < -0.4 is 5.11 Å². The lowest BCUT2D eigenvalue weighted by Gasteiger charge is -2.07. The molecule has 0 aromatic heterocycles. The van der Waals surface area contributed by atoms with E-state index in [-0.39, 0.29) is 5.56 Å². The zero-order chi connectivity index (χ0) is 9.56. The number of carbonyl (C=O) groups is 2.